The van der Waals surface area contributed by atoms with Crippen LogP contribution in [0, 0.1) is 13.8 Å². The van der Waals surface area contributed by atoms with E-state index in [1.165, 1.54) is 22.3 Å². The van der Waals surface area contributed by atoms with E-state index in [9.17, 15) is 0 Å². The molecule has 0 spiro atoms. The van der Waals surface area contributed by atoms with Gasteiger partial charge in [0.05, 0.1) is 7.11 Å². The predicted octanol–water partition coefficient (Wildman–Crippen LogP) is 4.34. The quantitative estimate of drug-likeness (QED) is 0.709. The van der Waals surface area contributed by atoms with Gasteiger partial charge in [0.1, 0.15) is 5.75 Å². The summed E-state index contributed by atoms with van der Waals surface area (Å²) in [4.78, 5) is 0. The van der Waals surface area contributed by atoms with E-state index in [1.807, 2.05) is 0 Å². The largest absolute Gasteiger partial charge is 0.496 e. The first kappa shape index (κ1) is 13.1. The summed E-state index contributed by atoms with van der Waals surface area (Å²) >= 11 is 5.70. The Balaban J connectivity index is 3.21. The topological polar surface area (TPSA) is 9.23 Å². The molecule has 88 valence electrons. The standard InChI is InChI=1S/C14H19ClO/c1-10-8-12(3)14(13(9-10)16-4)11(2)6-5-7-15/h6,8-9H,5,7H2,1-4H3/b11-6+. The van der Waals surface area contributed by atoms with Crippen molar-refractivity contribution < 1.29 is 4.74 Å². The third kappa shape index (κ3) is 3.02. The first-order valence-corrected chi connectivity index (χ1v) is 6.02. The fourth-order valence-corrected chi connectivity index (χ4v) is 2.08. The maximum Gasteiger partial charge on any atom is 0.126 e. The van der Waals surface area contributed by atoms with Gasteiger partial charge in [-0.1, -0.05) is 12.1 Å². The minimum atomic E-state index is 0.657. The van der Waals surface area contributed by atoms with Gasteiger partial charge in [0.15, 0.2) is 0 Å². The highest BCUT2D eigenvalue weighted by atomic mass is 35.5. The van der Waals surface area contributed by atoms with Crippen LogP contribution in [0.5, 0.6) is 5.75 Å². The number of rotatable bonds is 4. The van der Waals surface area contributed by atoms with Crippen LogP contribution in [0.15, 0.2) is 18.2 Å². The summed E-state index contributed by atoms with van der Waals surface area (Å²) in [5.41, 5.74) is 4.90. The predicted molar refractivity (Wildman–Crippen MR) is 71.5 cm³/mol. The molecule has 0 aliphatic carbocycles. The normalized spacial score (nSPS) is 11.7. The first-order valence-electron chi connectivity index (χ1n) is 5.48. The molecule has 0 radical (unpaired) electrons. The monoisotopic (exact) mass is 238 g/mol. The summed E-state index contributed by atoms with van der Waals surface area (Å²) in [5, 5.41) is 0. The number of hydrogen-bond donors (Lipinski definition) is 0. The SMILES string of the molecule is COc1cc(C)cc(C)c1/C(C)=C/CCCl. The number of allylic oxidation sites excluding steroid dienone is 2. The molecule has 0 aromatic heterocycles. The lowest BCUT2D eigenvalue weighted by atomic mass is 9.98. The highest BCUT2D eigenvalue weighted by Crippen LogP contribution is 2.30. The van der Waals surface area contributed by atoms with Crippen LogP contribution >= 0.6 is 11.6 Å². The molecule has 16 heavy (non-hydrogen) atoms. The van der Waals surface area contributed by atoms with Crippen LogP contribution < -0.4 is 4.74 Å². The van der Waals surface area contributed by atoms with Crippen LogP contribution in [0.2, 0.25) is 0 Å². The van der Waals surface area contributed by atoms with E-state index in [1.54, 1.807) is 7.11 Å². The highest BCUT2D eigenvalue weighted by molar-refractivity contribution is 6.17. The van der Waals surface area contributed by atoms with Crippen LogP contribution in [-0.4, -0.2) is 13.0 Å². The van der Waals surface area contributed by atoms with E-state index in [2.05, 4.69) is 39.0 Å². The van der Waals surface area contributed by atoms with Crippen molar-refractivity contribution in [3.63, 3.8) is 0 Å². The molecule has 0 heterocycles. The van der Waals surface area contributed by atoms with E-state index in [0.29, 0.717) is 5.88 Å². The fraction of sp³-hybridized carbons (Fsp3) is 0.429. The molecule has 0 saturated heterocycles. The van der Waals surface area contributed by atoms with Crippen molar-refractivity contribution in [2.75, 3.05) is 13.0 Å². The molecule has 0 bridgehead atoms. The number of methoxy groups -OCH3 is 1. The van der Waals surface area contributed by atoms with Crippen LogP contribution in [-0.2, 0) is 0 Å². The van der Waals surface area contributed by atoms with Gasteiger partial charge in [0.2, 0.25) is 0 Å². The molecule has 0 N–H and O–H groups in total. The Hall–Kier alpha value is -0.950. The molecule has 0 saturated carbocycles. The molecule has 1 rings (SSSR count). The number of alkyl halides is 1. The van der Waals surface area contributed by atoms with Crippen LogP contribution in [0.4, 0.5) is 0 Å². The Morgan fingerprint density at radius 1 is 1.38 bits per heavy atom. The Kier molecular flexibility index (Phi) is 4.88. The molecule has 1 aromatic rings. The zero-order chi connectivity index (χ0) is 12.1. The molecule has 0 atom stereocenters. The Morgan fingerprint density at radius 2 is 2.06 bits per heavy atom. The van der Waals surface area contributed by atoms with E-state index >= 15 is 0 Å². The molecule has 2 heteroatoms. The number of aryl methyl sites for hydroxylation is 2. The van der Waals surface area contributed by atoms with Gasteiger partial charge in [-0.05, 0) is 50.0 Å². The Labute approximate surface area is 103 Å². The van der Waals surface area contributed by atoms with Crippen molar-refractivity contribution >= 4 is 17.2 Å². The number of hydrogen-bond acceptors (Lipinski definition) is 1. The smallest absolute Gasteiger partial charge is 0.126 e. The molecule has 0 fully saturated rings. The van der Waals surface area contributed by atoms with Crippen molar-refractivity contribution in [1.82, 2.24) is 0 Å². The summed E-state index contributed by atoms with van der Waals surface area (Å²) in [5.74, 6) is 1.60. The van der Waals surface area contributed by atoms with Crippen molar-refractivity contribution in [2.24, 2.45) is 0 Å². The maximum atomic E-state index is 5.70. The van der Waals surface area contributed by atoms with Gasteiger partial charge in [-0.3, -0.25) is 0 Å². The molecule has 0 aliphatic heterocycles. The molecule has 0 amide bonds. The van der Waals surface area contributed by atoms with E-state index < -0.39 is 0 Å². The second-order valence-electron chi connectivity index (χ2n) is 4.02. The third-order valence-electron chi connectivity index (χ3n) is 2.62. The second kappa shape index (κ2) is 5.95. The van der Waals surface area contributed by atoms with Gasteiger partial charge in [-0.2, -0.15) is 0 Å². The molecule has 1 aromatic carbocycles. The zero-order valence-electron chi connectivity index (χ0n) is 10.4. The number of benzene rings is 1. The summed E-state index contributed by atoms with van der Waals surface area (Å²) in [7, 11) is 1.71. The van der Waals surface area contributed by atoms with Gasteiger partial charge in [-0.15, -0.1) is 11.6 Å². The minimum Gasteiger partial charge on any atom is -0.496 e. The lowest BCUT2D eigenvalue weighted by molar-refractivity contribution is 0.413. The first-order chi connectivity index (χ1) is 7.60. The third-order valence-corrected chi connectivity index (χ3v) is 2.84. The Bertz CT molecular complexity index is 394. The summed E-state index contributed by atoms with van der Waals surface area (Å²) in [6.07, 6.45) is 3.05. The summed E-state index contributed by atoms with van der Waals surface area (Å²) in [6, 6.07) is 4.25. The molecular formula is C14H19ClO. The van der Waals surface area contributed by atoms with Crippen molar-refractivity contribution in [3.8, 4) is 5.75 Å². The summed E-state index contributed by atoms with van der Waals surface area (Å²) in [6.45, 7) is 6.30. The fourth-order valence-electron chi connectivity index (χ4n) is 1.97. The van der Waals surface area contributed by atoms with Crippen LogP contribution in [0.1, 0.15) is 30.0 Å². The van der Waals surface area contributed by atoms with Gasteiger partial charge >= 0.3 is 0 Å². The van der Waals surface area contributed by atoms with E-state index in [4.69, 9.17) is 16.3 Å². The van der Waals surface area contributed by atoms with E-state index in [-0.39, 0.29) is 0 Å². The van der Waals surface area contributed by atoms with Gasteiger partial charge in [0, 0.05) is 11.4 Å². The van der Waals surface area contributed by atoms with E-state index in [0.717, 1.165) is 12.2 Å². The van der Waals surface area contributed by atoms with Gasteiger partial charge < -0.3 is 4.74 Å². The van der Waals surface area contributed by atoms with Gasteiger partial charge in [0.25, 0.3) is 0 Å². The average Bonchev–Trinajstić information content (AvgIpc) is 2.24. The molecule has 0 aliphatic rings. The molecular weight excluding hydrogens is 220 g/mol. The maximum absolute atomic E-state index is 5.70. The molecule has 0 unspecified atom stereocenters. The Morgan fingerprint density at radius 3 is 2.62 bits per heavy atom. The van der Waals surface area contributed by atoms with Gasteiger partial charge in [-0.25, -0.2) is 0 Å². The number of ether oxygens (including phenoxy) is 1. The minimum absolute atomic E-state index is 0.657. The van der Waals surface area contributed by atoms with Crippen molar-refractivity contribution in [3.05, 3.63) is 34.9 Å². The zero-order valence-corrected chi connectivity index (χ0v) is 11.2. The lowest BCUT2D eigenvalue weighted by Crippen LogP contribution is -1.95. The second-order valence-corrected chi connectivity index (χ2v) is 4.40. The summed E-state index contributed by atoms with van der Waals surface area (Å²) < 4.78 is 5.43. The van der Waals surface area contributed by atoms with Crippen molar-refractivity contribution in [2.45, 2.75) is 27.2 Å². The van der Waals surface area contributed by atoms with Crippen LogP contribution in [0.3, 0.4) is 0 Å². The van der Waals surface area contributed by atoms with Crippen LogP contribution in [0.25, 0.3) is 5.57 Å². The lowest BCUT2D eigenvalue weighted by Gasteiger charge is -2.13. The van der Waals surface area contributed by atoms with Crippen molar-refractivity contribution in [1.29, 1.82) is 0 Å². The highest BCUT2D eigenvalue weighted by Gasteiger charge is 2.08. The number of halogens is 1. The molecule has 1 nitrogen and oxygen atoms in total. The average molecular weight is 239 g/mol.